The van der Waals surface area contributed by atoms with Crippen LogP contribution in [0.5, 0.6) is 0 Å². The molecule has 11 heavy (non-hydrogen) atoms. The van der Waals surface area contributed by atoms with Crippen LogP contribution >= 0.6 is 0 Å². The molecule has 1 fully saturated rings. The summed E-state index contributed by atoms with van der Waals surface area (Å²) in [6, 6.07) is 2.02. The number of hydrogen-bond acceptors (Lipinski definition) is 2. The third kappa shape index (κ3) is 1.94. The molecule has 0 aliphatic carbocycles. The summed E-state index contributed by atoms with van der Waals surface area (Å²) < 4.78 is 0. The van der Waals surface area contributed by atoms with Gasteiger partial charge in [-0.25, -0.2) is 0 Å². The molecule has 0 radical (unpaired) electrons. The molecule has 0 aromatic heterocycles. The molecule has 1 saturated heterocycles. The van der Waals surface area contributed by atoms with Crippen molar-refractivity contribution < 1.29 is 0 Å². The second-order valence-electron chi connectivity index (χ2n) is 3.81. The third-order valence-electron chi connectivity index (χ3n) is 2.75. The average molecular weight is 156 g/mol. The topological polar surface area (TPSA) is 15.3 Å². The Morgan fingerprint density at radius 1 is 1.36 bits per heavy atom. The van der Waals surface area contributed by atoms with Crippen LogP contribution in [0.4, 0.5) is 0 Å². The van der Waals surface area contributed by atoms with Crippen molar-refractivity contribution in [2.75, 3.05) is 13.1 Å². The van der Waals surface area contributed by atoms with Gasteiger partial charge in [-0.05, 0) is 27.7 Å². The molecule has 1 aliphatic rings. The molecule has 0 aromatic rings. The molecule has 0 bridgehead atoms. The van der Waals surface area contributed by atoms with Gasteiger partial charge in [0.05, 0.1) is 0 Å². The predicted octanol–water partition coefficient (Wildman–Crippen LogP) is 1.08. The lowest BCUT2D eigenvalue weighted by atomic mass is 10.1. The van der Waals surface area contributed by atoms with E-state index in [1.807, 2.05) is 0 Å². The zero-order chi connectivity index (χ0) is 8.43. The summed E-state index contributed by atoms with van der Waals surface area (Å²) in [6.07, 6.45) is 0. The molecule has 2 nitrogen and oxygen atoms in total. The summed E-state index contributed by atoms with van der Waals surface area (Å²) in [5.74, 6) is 0. The molecule has 0 saturated carbocycles. The molecule has 66 valence electrons. The second-order valence-corrected chi connectivity index (χ2v) is 3.81. The van der Waals surface area contributed by atoms with Crippen molar-refractivity contribution in [1.82, 2.24) is 10.2 Å². The van der Waals surface area contributed by atoms with E-state index in [0.717, 1.165) is 6.54 Å². The fraction of sp³-hybridized carbons (Fsp3) is 1.00. The molecule has 2 heteroatoms. The summed E-state index contributed by atoms with van der Waals surface area (Å²) in [5.41, 5.74) is 0. The van der Waals surface area contributed by atoms with Crippen LogP contribution in [0.1, 0.15) is 27.7 Å². The largest absolute Gasteiger partial charge is 0.311 e. The highest BCUT2D eigenvalue weighted by Gasteiger charge is 2.25. The summed E-state index contributed by atoms with van der Waals surface area (Å²) in [7, 11) is 0. The first-order valence-electron chi connectivity index (χ1n) is 4.62. The van der Waals surface area contributed by atoms with E-state index < -0.39 is 0 Å². The zero-order valence-corrected chi connectivity index (χ0v) is 8.09. The van der Waals surface area contributed by atoms with E-state index >= 15 is 0 Å². The maximum Gasteiger partial charge on any atom is 0.0221 e. The predicted molar refractivity (Wildman–Crippen MR) is 48.8 cm³/mol. The summed E-state index contributed by atoms with van der Waals surface area (Å²) in [6.45, 7) is 11.5. The van der Waals surface area contributed by atoms with Crippen LogP contribution in [-0.4, -0.2) is 36.1 Å². The first-order chi connectivity index (χ1) is 5.13. The zero-order valence-electron chi connectivity index (χ0n) is 8.09. The fourth-order valence-electron chi connectivity index (χ4n) is 1.81. The smallest absolute Gasteiger partial charge is 0.0221 e. The molecule has 0 amide bonds. The normalized spacial score (nSPS) is 34.6. The van der Waals surface area contributed by atoms with Crippen LogP contribution in [0.3, 0.4) is 0 Å². The Labute approximate surface area is 70.0 Å². The van der Waals surface area contributed by atoms with E-state index in [9.17, 15) is 0 Å². The Morgan fingerprint density at radius 3 is 2.45 bits per heavy atom. The van der Waals surface area contributed by atoms with Crippen LogP contribution in [0.15, 0.2) is 0 Å². The Bertz CT molecular complexity index is 123. The van der Waals surface area contributed by atoms with Crippen molar-refractivity contribution in [2.24, 2.45) is 0 Å². The third-order valence-corrected chi connectivity index (χ3v) is 2.75. The lowest BCUT2D eigenvalue weighted by Crippen LogP contribution is -2.57. The van der Waals surface area contributed by atoms with Gasteiger partial charge in [0.15, 0.2) is 0 Å². The molecule has 1 heterocycles. The Hall–Kier alpha value is -0.0800. The standard InChI is InChI=1S/C9H20N2/c1-7(2)11-6-5-10-8(3)9(11)4/h7-10H,5-6H2,1-4H3/t8-,9?/m1/s1. The van der Waals surface area contributed by atoms with Gasteiger partial charge in [-0.1, -0.05) is 0 Å². The molecule has 1 rings (SSSR count). The van der Waals surface area contributed by atoms with Crippen molar-refractivity contribution in [3.05, 3.63) is 0 Å². The van der Waals surface area contributed by atoms with Gasteiger partial charge >= 0.3 is 0 Å². The maximum atomic E-state index is 3.47. The highest BCUT2D eigenvalue weighted by atomic mass is 15.2. The Morgan fingerprint density at radius 2 is 2.00 bits per heavy atom. The number of hydrogen-bond donors (Lipinski definition) is 1. The molecule has 1 N–H and O–H groups in total. The van der Waals surface area contributed by atoms with Crippen LogP contribution in [0.25, 0.3) is 0 Å². The minimum atomic E-state index is 0.645. The first-order valence-corrected chi connectivity index (χ1v) is 4.62. The summed E-state index contributed by atoms with van der Waals surface area (Å²) in [5, 5.41) is 3.47. The van der Waals surface area contributed by atoms with Gasteiger partial charge in [0.2, 0.25) is 0 Å². The van der Waals surface area contributed by atoms with Gasteiger partial charge in [0.25, 0.3) is 0 Å². The lowest BCUT2D eigenvalue weighted by Gasteiger charge is -2.41. The highest BCUT2D eigenvalue weighted by Crippen LogP contribution is 2.11. The van der Waals surface area contributed by atoms with Gasteiger partial charge in [-0.2, -0.15) is 0 Å². The second kappa shape index (κ2) is 3.55. The molecule has 1 aliphatic heterocycles. The van der Waals surface area contributed by atoms with Crippen molar-refractivity contribution in [2.45, 2.75) is 45.8 Å². The average Bonchev–Trinajstić information content (AvgIpc) is 1.94. The molecule has 1 unspecified atom stereocenters. The molecule has 2 atom stereocenters. The quantitative estimate of drug-likeness (QED) is 0.611. The monoisotopic (exact) mass is 156 g/mol. The lowest BCUT2D eigenvalue weighted by molar-refractivity contribution is 0.105. The van der Waals surface area contributed by atoms with Gasteiger partial charge in [0.1, 0.15) is 0 Å². The number of piperazine rings is 1. The van der Waals surface area contributed by atoms with Crippen molar-refractivity contribution in [3.63, 3.8) is 0 Å². The molecular weight excluding hydrogens is 136 g/mol. The first kappa shape index (κ1) is 9.01. The van der Waals surface area contributed by atoms with E-state index in [2.05, 4.69) is 37.9 Å². The fourth-order valence-corrected chi connectivity index (χ4v) is 1.81. The van der Waals surface area contributed by atoms with Crippen molar-refractivity contribution >= 4 is 0 Å². The SMILES string of the molecule is CC(C)N1CCN[C@H](C)C1C. The minimum absolute atomic E-state index is 0.645. The van der Waals surface area contributed by atoms with E-state index in [-0.39, 0.29) is 0 Å². The van der Waals surface area contributed by atoms with Gasteiger partial charge in [0, 0.05) is 31.2 Å². The van der Waals surface area contributed by atoms with E-state index in [1.165, 1.54) is 6.54 Å². The van der Waals surface area contributed by atoms with E-state index in [4.69, 9.17) is 0 Å². The number of nitrogens with one attached hydrogen (secondary N) is 1. The van der Waals surface area contributed by atoms with Gasteiger partial charge in [-0.3, -0.25) is 4.90 Å². The van der Waals surface area contributed by atoms with E-state index in [1.54, 1.807) is 0 Å². The van der Waals surface area contributed by atoms with Crippen LogP contribution in [0, 0.1) is 0 Å². The van der Waals surface area contributed by atoms with Gasteiger partial charge in [-0.15, -0.1) is 0 Å². The molecule has 0 spiro atoms. The van der Waals surface area contributed by atoms with Crippen molar-refractivity contribution in [1.29, 1.82) is 0 Å². The van der Waals surface area contributed by atoms with Crippen molar-refractivity contribution in [3.8, 4) is 0 Å². The maximum absolute atomic E-state index is 3.47. The summed E-state index contributed by atoms with van der Waals surface area (Å²) >= 11 is 0. The number of nitrogens with zero attached hydrogens (tertiary/aromatic N) is 1. The minimum Gasteiger partial charge on any atom is -0.311 e. The van der Waals surface area contributed by atoms with Crippen LogP contribution in [-0.2, 0) is 0 Å². The highest BCUT2D eigenvalue weighted by molar-refractivity contribution is 4.84. The van der Waals surface area contributed by atoms with Crippen LogP contribution < -0.4 is 5.32 Å². The Balaban J connectivity index is 2.51. The Kier molecular flexibility index (Phi) is 2.90. The summed E-state index contributed by atoms with van der Waals surface area (Å²) in [4.78, 5) is 2.56. The number of rotatable bonds is 1. The molecular formula is C9H20N2. The van der Waals surface area contributed by atoms with Crippen LogP contribution in [0.2, 0.25) is 0 Å². The van der Waals surface area contributed by atoms with E-state index in [0.29, 0.717) is 18.1 Å². The van der Waals surface area contributed by atoms with Gasteiger partial charge < -0.3 is 5.32 Å². The molecule has 0 aromatic carbocycles.